The molecule has 0 saturated heterocycles. The van der Waals surface area contributed by atoms with Crippen molar-refractivity contribution in [3.8, 4) is 0 Å². The van der Waals surface area contributed by atoms with Crippen LogP contribution in [-0.4, -0.2) is 5.11 Å². The van der Waals surface area contributed by atoms with Crippen LogP contribution >= 0.6 is 17.0 Å². The van der Waals surface area contributed by atoms with Crippen LogP contribution in [0.5, 0.6) is 0 Å². The molecule has 2 rings (SSSR count). The molecule has 0 spiro atoms. The summed E-state index contributed by atoms with van der Waals surface area (Å²) >= 11 is 0. The number of rotatable bonds is 2. The molecule has 0 saturated carbocycles. The standard InChI is InChI=1S/C13H12O.BrH/c14-13(11-7-3-1-4-8-11)12-9-5-2-6-10-12;/h1-10,13-14H;1H. The molecule has 2 aromatic carbocycles. The molecular weight excluding hydrogens is 252 g/mol. The average Bonchev–Trinajstić information content (AvgIpc) is 2.30. The Morgan fingerprint density at radius 2 is 1.00 bits per heavy atom. The minimum Gasteiger partial charge on any atom is -0.384 e. The Kier molecular flexibility index (Phi) is 4.53. The van der Waals surface area contributed by atoms with Gasteiger partial charge in [0.1, 0.15) is 6.10 Å². The number of hydrogen-bond donors (Lipinski definition) is 1. The zero-order valence-electron chi connectivity index (χ0n) is 8.21. The van der Waals surface area contributed by atoms with E-state index >= 15 is 0 Å². The minimum atomic E-state index is -0.516. The van der Waals surface area contributed by atoms with Gasteiger partial charge in [-0.2, -0.15) is 0 Å². The molecule has 0 aliphatic rings. The predicted molar refractivity (Wildman–Crippen MR) is 67.3 cm³/mol. The van der Waals surface area contributed by atoms with Crippen molar-refractivity contribution in [2.75, 3.05) is 0 Å². The van der Waals surface area contributed by atoms with Gasteiger partial charge in [-0.05, 0) is 11.1 Å². The van der Waals surface area contributed by atoms with Gasteiger partial charge in [0.25, 0.3) is 0 Å². The monoisotopic (exact) mass is 264 g/mol. The zero-order chi connectivity index (χ0) is 9.80. The van der Waals surface area contributed by atoms with Gasteiger partial charge in [0.15, 0.2) is 0 Å². The van der Waals surface area contributed by atoms with Crippen LogP contribution in [0, 0.1) is 0 Å². The van der Waals surface area contributed by atoms with Gasteiger partial charge in [-0.1, -0.05) is 60.7 Å². The molecule has 0 fully saturated rings. The summed E-state index contributed by atoms with van der Waals surface area (Å²) in [7, 11) is 0. The first kappa shape index (κ1) is 12.0. The molecule has 2 aromatic rings. The van der Waals surface area contributed by atoms with Gasteiger partial charge in [0.05, 0.1) is 0 Å². The fourth-order valence-electron chi connectivity index (χ4n) is 1.46. The molecule has 78 valence electrons. The zero-order valence-corrected chi connectivity index (χ0v) is 9.92. The summed E-state index contributed by atoms with van der Waals surface area (Å²) in [5, 5.41) is 9.99. The van der Waals surface area contributed by atoms with E-state index in [0.717, 1.165) is 11.1 Å². The van der Waals surface area contributed by atoms with Crippen LogP contribution in [0.15, 0.2) is 60.7 Å². The minimum absolute atomic E-state index is 0. The van der Waals surface area contributed by atoms with Crippen molar-refractivity contribution in [3.05, 3.63) is 71.8 Å². The van der Waals surface area contributed by atoms with Gasteiger partial charge in [-0.15, -0.1) is 17.0 Å². The molecule has 0 heterocycles. The van der Waals surface area contributed by atoms with E-state index in [1.165, 1.54) is 0 Å². The lowest BCUT2D eigenvalue weighted by molar-refractivity contribution is 0.220. The van der Waals surface area contributed by atoms with Crippen molar-refractivity contribution in [1.82, 2.24) is 0 Å². The Bertz CT molecular complexity index is 346. The summed E-state index contributed by atoms with van der Waals surface area (Å²) in [6.07, 6.45) is -0.516. The molecule has 0 amide bonds. The Morgan fingerprint density at radius 1 is 0.667 bits per heavy atom. The quantitative estimate of drug-likeness (QED) is 0.882. The topological polar surface area (TPSA) is 20.2 Å². The number of aliphatic hydroxyl groups is 1. The van der Waals surface area contributed by atoms with Gasteiger partial charge in [0.2, 0.25) is 0 Å². The Labute approximate surface area is 100 Å². The van der Waals surface area contributed by atoms with Crippen molar-refractivity contribution in [1.29, 1.82) is 0 Å². The number of hydrogen-bond acceptors (Lipinski definition) is 1. The highest BCUT2D eigenvalue weighted by molar-refractivity contribution is 8.93. The van der Waals surface area contributed by atoms with Crippen LogP contribution < -0.4 is 0 Å². The first-order valence-corrected chi connectivity index (χ1v) is 4.66. The van der Waals surface area contributed by atoms with Crippen molar-refractivity contribution in [2.45, 2.75) is 6.10 Å². The summed E-state index contributed by atoms with van der Waals surface area (Å²) < 4.78 is 0. The van der Waals surface area contributed by atoms with E-state index in [1.54, 1.807) is 0 Å². The van der Waals surface area contributed by atoms with Gasteiger partial charge < -0.3 is 5.11 Å². The molecule has 2 heteroatoms. The van der Waals surface area contributed by atoms with Crippen LogP contribution in [0.3, 0.4) is 0 Å². The lowest BCUT2D eigenvalue weighted by Crippen LogP contribution is -1.98. The van der Waals surface area contributed by atoms with Gasteiger partial charge in [0, 0.05) is 0 Å². The van der Waals surface area contributed by atoms with Crippen LogP contribution in [0.4, 0.5) is 0 Å². The first-order chi connectivity index (χ1) is 6.88. The highest BCUT2D eigenvalue weighted by Gasteiger charge is 2.07. The highest BCUT2D eigenvalue weighted by atomic mass is 79.9. The number of halogens is 1. The molecule has 0 aliphatic heterocycles. The van der Waals surface area contributed by atoms with E-state index in [-0.39, 0.29) is 17.0 Å². The van der Waals surface area contributed by atoms with E-state index in [1.807, 2.05) is 60.7 Å². The van der Waals surface area contributed by atoms with Crippen LogP contribution in [0.25, 0.3) is 0 Å². The largest absolute Gasteiger partial charge is 0.384 e. The molecule has 0 bridgehead atoms. The van der Waals surface area contributed by atoms with E-state index in [2.05, 4.69) is 0 Å². The summed E-state index contributed by atoms with van der Waals surface area (Å²) in [6, 6.07) is 19.3. The van der Waals surface area contributed by atoms with Crippen molar-refractivity contribution in [3.63, 3.8) is 0 Å². The van der Waals surface area contributed by atoms with Crippen molar-refractivity contribution in [2.24, 2.45) is 0 Å². The third kappa shape index (κ3) is 2.91. The Morgan fingerprint density at radius 3 is 1.33 bits per heavy atom. The molecule has 1 nitrogen and oxygen atoms in total. The van der Waals surface area contributed by atoms with Gasteiger partial charge in [-0.3, -0.25) is 0 Å². The summed E-state index contributed by atoms with van der Waals surface area (Å²) in [5.74, 6) is 0. The Balaban J connectivity index is 0.00000112. The molecule has 0 atom stereocenters. The Hall–Kier alpha value is -1.12. The van der Waals surface area contributed by atoms with Crippen LogP contribution in [-0.2, 0) is 0 Å². The first-order valence-electron chi connectivity index (χ1n) is 4.66. The fourth-order valence-corrected chi connectivity index (χ4v) is 1.46. The summed E-state index contributed by atoms with van der Waals surface area (Å²) in [6.45, 7) is 0. The molecular formula is C13H13BrO. The predicted octanol–water partition coefficient (Wildman–Crippen LogP) is 3.35. The van der Waals surface area contributed by atoms with Gasteiger partial charge >= 0.3 is 0 Å². The number of aliphatic hydroxyl groups excluding tert-OH is 1. The maximum absolute atomic E-state index is 9.99. The average molecular weight is 265 g/mol. The van der Waals surface area contributed by atoms with E-state index in [4.69, 9.17) is 0 Å². The maximum Gasteiger partial charge on any atom is 0.104 e. The molecule has 0 aromatic heterocycles. The number of benzene rings is 2. The molecule has 1 N–H and O–H groups in total. The molecule has 0 unspecified atom stereocenters. The van der Waals surface area contributed by atoms with Gasteiger partial charge in [-0.25, -0.2) is 0 Å². The van der Waals surface area contributed by atoms with E-state index in [0.29, 0.717) is 0 Å². The van der Waals surface area contributed by atoms with Crippen molar-refractivity contribution < 1.29 is 5.11 Å². The molecule has 15 heavy (non-hydrogen) atoms. The maximum atomic E-state index is 9.99. The van der Waals surface area contributed by atoms with Crippen LogP contribution in [0.1, 0.15) is 17.2 Å². The third-order valence-corrected chi connectivity index (χ3v) is 2.23. The smallest absolute Gasteiger partial charge is 0.104 e. The van der Waals surface area contributed by atoms with Crippen molar-refractivity contribution >= 4 is 17.0 Å². The lowest BCUT2D eigenvalue weighted by Gasteiger charge is -2.10. The molecule has 0 aliphatic carbocycles. The lowest BCUT2D eigenvalue weighted by atomic mass is 10.0. The molecule has 0 radical (unpaired) electrons. The summed E-state index contributed by atoms with van der Waals surface area (Å²) in [4.78, 5) is 0. The second-order valence-corrected chi connectivity index (χ2v) is 3.22. The van der Waals surface area contributed by atoms with E-state index in [9.17, 15) is 5.11 Å². The SMILES string of the molecule is Br.OC(c1ccccc1)c1ccccc1. The second-order valence-electron chi connectivity index (χ2n) is 3.22. The van der Waals surface area contributed by atoms with Crippen LogP contribution in [0.2, 0.25) is 0 Å². The highest BCUT2D eigenvalue weighted by Crippen LogP contribution is 2.20. The summed E-state index contributed by atoms with van der Waals surface area (Å²) in [5.41, 5.74) is 1.86. The third-order valence-electron chi connectivity index (χ3n) is 2.23. The fraction of sp³-hybridized carbons (Fsp3) is 0.0769. The van der Waals surface area contributed by atoms with E-state index < -0.39 is 6.10 Å². The normalized spacial score (nSPS) is 9.73. The second kappa shape index (κ2) is 5.69.